The lowest BCUT2D eigenvalue weighted by molar-refractivity contribution is -0.137. The number of benzene rings is 1. The monoisotopic (exact) mass is 447 g/mol. The lowest BCUT2D eigenvalue weighted by Crippen LogP contribution is -2.43. The van der Waals surface area contributed by atoms with Crippen molar-refractivity contribution >= 4 is 17.5 Å². The maximum atomic E-state index is 13.4. The van der Waals surface area contributed by atoms with Crippen LogP contribution in [0.1, 0.15) is 45.6 Å². The molecular weight excluding hydrogens is 414 g/mol. The second-order valence-electron chi connectivity index (χ2n) is 11.4. The number of fused-ring (bicyclic) bond motifs is 3. The van der Waals surface area contributed by atoms with E-state index in [0.29, 0.717) is 19.0 Å². The largest absolute Gasteiger partial charge is 0.360 e. The van der Waals surface area contributed by atoms with Gasteiger partial charge in [-0.1, -0.05) is 63.3 Å². The molecule has 3 aliphatic heterocycles. The Morgan fingerprint density at radius 2 is 2.03 bits per heavy atom. The zero-order chi connectivity index (χ0) is 23.0. The van der Waals surface area contributed by atoms with Crippen LogP contribution >= 0.6 is 0 Å². The Labute approximate surface area is 195 Å². The van der Waals surface area contributed by atoms with Gasteiger partial charge >= 0.3 is 0 Å². The molecule has 4 bridgehead atoms. The summed E-state index contributed by atoms with van der Waals surface area (Å²) < 4.78 is 6.26. The van der Waals surface area contributed by atoms with Gasteiger partial charge in [-0.3, -0.25) is 9.59 Å². The molecule has 4 fully saturated rings. The Morgan fingerprint density at radius 1 is 1.24 bits per heavy atom. The van der Waals surface area contributed by atoms with E-state index in [-0.39, 0.29) is 28.7 Å². The van der Waals surface area contributed by atoms with E-state index in [1.54, 1.807) is 0 Å². The highest BCUT2D eigenvalue weighted by Crippen LogP contribution is 2.64. The van der Waals surface area contributed by atoms with Crippen molar-refractivity contribution in [2.24, 2.45) is 33.7 Å². The van der Waals surface area contributed by atoms with E-state index >= 15 is 0 Å². The summed E-state index contributed by atoms with van der Waals surface area (Å²) in [5, 5.41) is 4.65. The minimum atomic E-state index is -0.673. The van der Waals surface area contributed by atoms with Crippen LogP contribution in [0.4, 0.5) is 0 Å². The Hall–Kier alpha value is -2.47. The third-order valence-corrected chi connectivity index (χ3v) is 9.81. The van der Waals surface area contributed by atoms with E-state index < -0.39 is 17.4 Å². The van der Waals surface area contributed by atoms with Crippen molar-refractivity contribution in [1.82, 2.24) is 10.3 Å². The molecular formula is C27H33N3O3. The maximum absolute atomic E-state index is 13.4. The highest BCUT2D eigenvalue weighted by molar-refractivity contribution is 5.96. The lowest BCUT2D eigenvalue weighted by atomic mass is 9.70. The number of ether oxygens (including phenoxy) is 1. The first-order valence-electron chi connectivity index (χ1n) is 12.3. The predicted octanol–water partition coefficient (Wildman–Crippen LogP) is 3.33. The standard InChI is InChI=1S/C27H33N3O3/c1-25(2)18-9-12-26(25,3)20(15-18)28-29-23(31)21-19-10-13-27(33-19)16-30(24(32)22(21)27)14-11-17-7-5-4-6-8-17/h4-8,10,13,18-19,21-22H,9,11-12,14-16H2,1-3H3,(H,29,31)/b28-20+/t18-,19-,21-,22+,26+,27-/m1/s1. The van der Waals surface area contributed by atoms with Crippen molar-refractivity contribution in [3.63, 3.8) is 0 Å². The third-order valence-electron chi connectivity index (χ3n) is 9.81. The quantitative estimate of drug-likeness (QED) is 0.556. The average Bonchev–Trinajstić information content (AvgIpc) is 3.53. The Morgan fingerprint density at radius 3 is 2.73 bits per heavy atom. The molecule has 3 heterocycles. The SMILES string of the molecule is CC1(C)[C@@H]2CC[C@@]1(C)/C(=N/NC(=O)[C@H]1[C@H]3C(=O)N(CCc4ccccc4)C[C@]34C=C[C@H]1O4)C2. The van der Waals surface area contributed by atoms with Crippen LogP contribution in [-0.4, -0.2) is 47.2 Å². The van der Waals surface area contributed by atoms with E-state index in [1.165, 1.54) is 12.0 Å². The first kappa shape index (κ1) is 21.1. The number of carbonyl (C=O) groups is 2. The number of hydrogen-bond acceptors (Lipinski definition) is 4. The molecule has 6 atom stereocenters. The fraction of sp³-hybridized carbons (Fsp3) is 0.593. The molecule has 174 valence electrons. The van der Waals surface area contributed by atoms with Gasteiger partial charge in [0.05, 0.1) is 24.5 Å². The van der Waals surface area contributed by atoms with Gasteiger partial charge in [0, 0.05) is 17.7 Å². The molecule has 2 amide bonds. The summed E-state index contributed by atoms with van der Waals surface area (Å²) in [7, 11) is 0. The molecule has 0 radical (unpaired) electrons. The Bertz CT molecular complexity index is 1060. The van der Waals surface area contributed by atoms with E-state index in [4.69, 9.17) is 4.74 Å². The highest BCUT2D eigenvalue weighted by atomic mass is 16.5. The van der Waals surface area contributed by atoms with Crippen molar-refractivity contribution in [2.75, 3.05) is 13.1 Å². The highest BCUT2D eigenvalue weighted by Gasteiger charge is 2.67. The van der Waals surface area contributed by atoms with Crippen LogP contribution in [0.25, 0.3) is 0 Å². The molecule has 6 heteroatoms. The lowest BCUT2D eigenvalue weighted by Gasteiger charge is -2.34. The molecule has 1 aromatic carbocycles. The first-order chi connectivity index (χ1) is 15.8. The molecule has 1 spiro atoms. The van der Waals surface area contributed by atoms with Crippen molar-refractivity contribution in [1.29, 1.82) is 0 Å². The summed E-state index contributed by atoms with van der Waals surface area (Å²) in [6.45, 7) is 8.09. The van der Waals surface area contributed by atoms with Gasteiger partial charge in [0.1, 0.15) is 5.60 Å². The molecule has 5 aliphatic rings. The van der Waals surface area contributed by atoms with Gasteiger partial charge in [0.15, 0.2) is 0 Å². The number of hydrogen-bond donors (Lipinski definition) is 1. The maximum Gasteiger partial charge on any atom is 0.247 e. The molecule has 2 aliphatic carbocycles. The molecule has 2 saturated carbocycles. The van der Waals surface area contributed by atoms with Crippen LogP contribution in [-0.2, 0) is 20.7 Å². The number of nitrogens with zero attached hydrogens (tertiary/aromatic N) is 2. The van der Waals surface area contributed by atoms with Gasteiger partial charge in [-0.05, 0) is 42.6 Å². The zero-order valence-corrected chi connectivity index (χ0v) is 19.7. The van der Waals surface area contributed by atoms with Crippen LogP contribution in [0.15, 0.2) is 47.6 Å². The smallest absolute Gasteiger partial charge is 0.247 e. The molecule has 1 aromatic rings. The van der Waals surface area contributed by atoms with E-state index in [9.17, 15) is 9.59 Å². The predicted molar refractivity (Wildman–Crippen MR) is 125 cm³/mol. The molecule has 33 heavy (non-hydrogen) atoms. The molecule has 0 unspecified atom stereocenters. The molecule has 1 N–H and O–H groups in total. The number of carbonyl (C=O) groups excluding carboxylic acids is 2. The van der Waals surface area contributed by atoms with Crippen molar-refractivity contribution in [3.05, 3.63) is 48.0 Å². The van der Waals surface area contributed by atoms with Gasteiger partial charge in [-0.15, -0.1) is 0 Å². The Balaban J connectivity index is 1.17. The molecule has 0 aromatic heterocycles. The van der Waals surface area contributed by atoms with Crippen molar-refractivity contribution in [3.8, 4) is 0 Å². The minimum Gasteiger partial charge on any atom is -0.360 e. The van der Waals surface area contributed by atoms with E-state index in [0.717, 1.165) is 25.0 Å². The van der Waals surface area contributed by atoms with Gasteiger partial charge in [0.2, 0.25) is 11.8 Å². The number of rotatable bonds is 5. The zero-order valence-electron chi connectivity index (χ0n) is 19.7. The Kier molecular flexibility index (Phi) is 4.48. The summed E-state index contributed by atoms with van der Waals surface area (Å²) in [4.78, 5) is 28.6. The van der Waals surface area contributed by atoms with Crippen LogP contribution in [0, 0.1) is 28.6 Å². The molecule has 6 rings (SSSR count). The van der Waals surface area contributed by atoms with Crippen LogP contribution in [0.3, 0.4) is 0 Å². The van der Waals surface area contributed by atoms with E-state index in [1.807, 2.05) is 35.3 Å². The van der Waals surface area contributed by atoms with Gasteiger partial charge in [-0.25, -0.2) is 5.43 Å². The van der Waals surface area contributed by atoms with Crippen LogP contribution < -0.4 is 5.43 Å². The number of likely N-dealkylation sites (tertiary alicyclic amines) is 1. The average molecular weight is 448 g/mol. The molecule has 2 saturated heterocycles. The normalized spacial score (nSPS) is 40.8. The fourth-order valence-corrected chi connectivity index (χ4v) is 7.27. The number of nitrogens with one attached hydrogen (secondary N) is 1. The summed E-state index contributed by atoms with van der Waals surface area (Å²) in [5.74, 6) is -0.516. The minimum absolute atomic E-state index is 0.0265. The summed E-state index contributed by atoms with van der Waals surface area (Å²) >= 11 is 0. The van der Waals surface area contributed by atoms with E-state index in [2.05, 4.69) is 43.4 Å². The topological polar surface area (TPSA) is 71.0 Å². The summed E-state index contributed by atoms with van der Waals surface area (Å²) in [6, 6.07) is 10.2. The molecule has 6 nitrogen and oxygen atoms in total. The van der Waals surface area contributed by atoms with Gasteiger partial charge in [0.25, 0.3) is 0 Å². The van der Waals surface area contributed by atoms with Crippen molar-refractivity contribution < 1.29 is 14.3 Å². The fourth-order valence-electron chi connectivity index (χ4n) is 7.27. The number of amides is 2. The third kappa shape index (κ3) is 2.86. The second kappa shape index (κ2) is 7.02. The first-order valence-corrected chi connectivity index (χ1v) is 12.3. The second-order valence-corrected chi connectivity index (χ2v) is 11.4. The van der Waals surface area contributed by atoms with Crippen molar-refractivity contribution in [2.45, 2.75) is 58.2 Å². The summed E-state index contributed by atoms with van der Waals surface area (Å²) in [6.07, 6.45) is 7.73. The van der Waals surface area contributed by atoms with Crippen LogP contribution in [0.2, 0.25) is 0 Å². The summed E-state index contributed by atoms with van der Waals surface area (Å²) in [5.41, 5.74) is 4.74. The van der Waals surface area contributed by atoms with Gasteiger partial charge in [-0.2, -0.15) is 5.10 Å². The number of hydrazone groups is 1. The van der Waals surface area contributed by atoms with Crippen LogP contribution in [0.5, 0.6) is 0 Å². The van der Waals surface area contributed by atoms with Gasteiger partial charge < -0.3 is 9.64 Å².